The van der Waals surface area contributed by atoms with Crippen LogP contribution in [0.2, 0.25) is 0 Å². The smallest absolute Gasteiger partial charge is 0.306 e. The molecule has 1 saturated heterocycles. The fraction of sp³-hybridized carbons (Fsp3) is 0.652. The Balaban J connectivity index is 1.75. The molecule has 0 saturated carbocycles. The highest BCUT2D eigenvalue weighted by Gasteiger charge is 2.21. The Morgan fingerprint density at radius 3 is 2.70 bits per heavy atom. The van der Waals surface area contributed by atoms with Crippen molar-refractivity contribution in [3.8, 4) is 0 Å². The molecule has 7 heteroatoms. The van der Waals surface area contributed by atoms with Gasteiger partial charge in [-0.05, 0) is 57.4 Å². The average Bonchev–Trinajstić information content (AvgIpc) is 2.73. The van der Waals surface area contributed by atoms with Gasteiger partial charge in [0.05, 0.1) is 25.7 Å². The van der Waals surface area contributed by atoms with Crippen molar-refractivity contribution in [3.05, 3.63) is 29.8 Å². The molecule has 1 aromatic rings. The van der Waals surface area contributed by atoms with Crippen LogP contribution in [-0.2, 0) is 19.1 Å². The summed E-state index contributed by atoms with van der Waals surface area (Å²) < 4.78 is 10.7. The fourth-order valence-electron chi connectivity index (χ4n) is 3.19. The summed E-state index contributed by atoms with van der Waals surface area (Å²) in [7, 11) is 0. The highest BCUT2D eigenvalue weighted by molar-refractivity contribution is 5.92. The van der Waals surface area contributed by atoms with E-state index in [1.807, 2.05) is 32.9 Å². The van der Waals surface area contributed by atoms with Gasteiger partial charge in [0.25, 0.3) is 0 Å². The Kier molecular flexibility index (Phi) is 9.75. The number of nitrogens with zero attached hydrogens (tertiary/aromatic N) is 1. The Morgan fingerprint density at radius 1 is 1.27 bits per heavy atom. The van der Waals surface area contributed by atoms with Crippen molar-refractivity contribution in [2.75, 3.05) is 38.2 Å². The Bertz CT molecular complexity index is 686. The number of ether oxygens (including phenoxy) is 2. The minimum absolute atomic E-state index is 0.0408. The van der Waals surface area contributed by atoms with E-state index in [9.17, 15) is 14.7 Å². The van der Waals surface area contributed by atoms with E-state index >= 15 is 0 Å². The molecular formula is C23H36N2O5. The number of morpholine rings is 1. The second-order valence-corrected chi connectivity index (χ2v) is 8.37. The molecule has 1 amide bonds. The molecule has 1 fully saturated rings. The summed E-state index contributed by atoms with van der Waals surface area (Å²) in [5, 5.41) is 13.3. The van der Waals surface area contributed by atoms with E-state index in [0.29, 0.717) is 18.5 Å². The number of amides is 1. The summed E-state index contributed by atoms with van der Waals surface area (Å²) in [4.78, 5) is 26.4. The Morgan fingerprint density at radius 2 is 2.00 bits per heavy atom. The van der Waals surface area contributed by atoms with Crippen molar-refractivity contribution < 1.29 is 24.2 Å². The third-order valence-corrected chi connectivity index (χ3v) is 5.41. The lowest BCUT2D eigenvalue weighted by molar-refractivity contribution is -0.157. The summed E-state index contributed by atoms with van der Waals surface area (Å²) in [5.74, 6) is -0.623. The van der Waals surface area contributed by atoms with E-state index in [4.69, 9.17) is 9.47 Å². The van der Waals surface area contributed by atoms with Gasteiger partial charge in [0.2, 0.25) is 5.91 Å². The van der Waals surface area contributed by atoms with Crippen molar-refractivity contribution in [3.63, 3.8) is 0 Å². The molecule has 0 aromatic heterocycles. The van der Waals surface area contributed by atoms with Crippen LogP contribution in [0.25, 0.3) is 0 Å². The van der Waals surface area contributed by atoms with Crippen LogP contribution in [0.3, 0.4) is 0 Å². The first kappa shape index (κ1) is 24.3. The maximum atomic E-state index is 12.2. The van der Waals surface area contributed by atoms with Gasteiger partial charge in [0.15, 0.2) is 0 Å². The monoisotopic (exact) mass is 420 g/mol. The third kappa shape index (κ3) is 8.81. The van der Waals surface area contributed by atoms with Crippen LogP contribution < -0.4 is 5.32 Å². The number of rotatable bonds is 11. The molecule has 0 radical (unpaired) electrons. The van der Waals surface area contributed by atoms with E-state index in [1.54, 1.807) is 12.1 Å². The summed E-state index contributed by atoms with van der Waals surface area (Å²) in [6.45, 7) is 10.0. The second-order valence-electron chi connectivity index (χ2n) is 8.37. The lowest BCUT2D eigenvalue weighted by Gasteiger charge is -2.26. The van der Waals surface area contributed by atoms with Gasteiger partial charge in [0, 0.05) is 25.2 Å². The van der Waals surface area contributed by atoms with Gasteiger partial charge in [-0.2, -0.15) is 0 Å². The van der Waals surface area contributed by atoms with Crippen LogP contribution in [-0.4, -0.2) is 60.3 Å². The summed E-state index contributed by atoms with van der Waals surface area (Å²) in [5.41, 5.74) is 0.880. The molecule has 1 aliphatic heterocycles. The number of aliphatic hydroxyl groups is 1. The van der Waals surface area contributed by atoms with E-state index in [-0.39, 0.29) is 24.7 Å². The molecule has 1 atom stereocenters. The normalized spacial score (nSPS) is 16.1. The van der Waals surface area contributed by atoms with Crippen molar-refractivity contribution in [2.24, 2.45) is 0 Å². The van der Waals surface area contributed by atoms with Crippen molar-refractivity contribution >= 4 is 17.6 Å². The number of anilines is 1. The first-order valence-electron chi connectivity index (χ1n) is 10.9. The number of carbonyl (C=O) groups is 2. The van der Waals surface area contributed by atoms with Crippen molar-refractivity contribution in [2.45, 2.75) is 64.6 Å². The Hall–Kier alpha value is -1.96. The molecule has 7 nitrogen and oxygen atoms in total. The summed E-state index contributed by atoms with van der Waals surface area (Å²) in [6, 6.07) is 7.24. The third-order valence-electron chi connectivity index (χ3n) is 5.41. The van der Waals surface area contributed by atoms with Gasteiger partial charge >= 0.3 is 5.97 Å². The molecular weight excluding hydrogens is 384 g/mol. The SMILES string of the molecule is CCC(C)(C)OC(=O)CCC(=O)Nc1cccc([C@H](O)CCCN2CCOCC2)c1. The van der Waals surface area contributed by atoms with E-state index in [1.165, 1.54) is 0 Å². The highest BCUT2D eigenvalue weighted by atomic mass is 16.6. The van der Waals surface area contributed by atoms with Gasteiger partial charge in [0.1, 0.15) is 5.60 Å². The Labute approximate surface area is 179 Å². The molecule has 1 aromatic carbocycles. The molecule has 1 aliphatic rings. The van der Waals surface area contributed by atoms with Gasteiger partial charge in [-0.1, -0.05) is 19.1 Å². The molecule has 0 spiro atoms. The predicted molar refractivity (Wildman–Crippen MR) is 116 cm³/mol. The first-order valence-corrected chi connectivity index (χ1v) is 10.9. The van der Waals surface area contributed by atoms with Crippen LogP contribution in [0, 0.1) is 0 Å². The molecule has 168 valence electrons. The van der Waals surface area contributed by atoms with E-state index < -0.39 is 11.7 Å². The molecule has 2 rings (SSSR count). The van der Waals surface area contributed by atoms with Gasteiger partial charge in [-0.25, -0.2) is 0 Å². The van der Waals surface area contributed by atoms with Gasteiger partial charge < -0.3 is 19.9 Å². The standard InChI is InChI=1S/C23H36N2O5/c1-4-23(2,3)30-22(28)11-10-21(27)24-19-8-5-7-18(17-19)20(26)9-6-12-25-13-15-29-16-14-25/h5,7-8,17,20,26H,4,6,9-16H2,1-3H3,(H,24,27)/t20-/m1/s1. The van der Waals surface area contributed by atoms with Crippen LogP contribution in [0.5, 0.6) is 0 Å². The number of hydrogen-bond acceptors (Lipinski definition) is 6. The molecule has 30 heavy (non-hydrogen) atoms. The van der Waals surface area contributed by atoms with Crippen molar-refractivity contribution in [1.29, 1.82) is 0 Å². The number of aliphatic hydroxyl groups excluding tert-OH is 1. The summed E-state index contributed by atoms with van der Waals surface area (Å²) in [6.07, 6.45) is 1.80. The maximum absolute atomic E-state index is 12.2. The van der Waals surface area contributed by atoms with Crippen LogP contribution >= 0.6 is 0 Å². The zero-order valence-corrected chi connectivity index (χ0v) is 18.5. The maximum Gasteiger partial charge on any atom is 0.306 e. The average molecular weight is 421 g/mol. The predicted octanol–water partition coefficient (Wildman–Crippen LogP) is 3.28. The molecule has 0 unspecified atom stereocenters. The minimum atomic E-state index is -0.575. The number of benzene rings is 1. The number of carbonyl (C=O) groups excluding carboxylic acids is 2. The summed E-state index contributed by atoms with van der Waals surface area (Å²) >= 11 is 0. The molecule has 1 heterocycles. The first-order chi connectivity index (χ1) is 14.3. The second kappa shape index (κ2) is 12.0. The topological polar surface area (TPSA) is 88.1 Å². The number of esters is 1. The molecule has 0 aliphatic carbocycles. The number of hydrogen-bond donors (Lipinski definition) is 2. The lowest BCUT2D eigenvalue weighted by atomic mass is 10.0. The molecule has 2 N–H and O–H groups in total. The van der Waals surface area contributed by atoms with Crippen LogP contribution in [0.1, 0.15) is 64.5 Å². The van der Waals surface area contributed by atoms with Crippen LogP contribution in [0.4, 0.5) is 5.69 Å². The molecule has 0 bridgehead atoms. The zero-order valence-electron chi connectivity index (χ0n) is 18.5. The van der Waals surface area contributed by atoms with Gasteiger partial charge in [-0.15, -0.1) is 0 Å². The van der Waals surface area contributed by atoms with E-state index in [2.05, 4.69) is 10.2 Å². The quantitative estimate of drug-likeness (QED) is 0.534. The minimum Gasteiger partial charge on any atom is -0.460 e. The fourth-order valence-corrected chi connectivity index (χ4v) is 3.19. The lowest BCUT2D eigenvalue weighted by Crippen LogP contribution is -2.36. The van der Waals surface area contributed by atoms with Gasteiger partial charge in [-0.3, -0.25) is 14.5 Å². The number of nitrogens with one attached hydrogen (secondary N) is 1. The van der Waals surface area contributed by atoms with Crippen molar-refractivity contribution in [1.82, 2.24) is 4.90 Å². The van der Waals surface area contributed by atoms with E-state index in [0.717, 1.165) is 44.8 Å². The van der Waals surface area contributed by atoms with Crippen LogP contribution in [0.15, 0.2) is 24.3 Å². The highest BCUT2D eigenvalue weighted by Crippen LogP contribution is 2.22. The zero-order chi connectivity index (χ0) is 22.0. The largest absolute Gasteiger partial charge is 0.460 e.